The topological polar surface area (TPSA) is 71.5 Å². The summed E-state index contributed by atoms with van der Waals surface area (Å²) in [5.74, 6) is 0.553. The largest absolute Gasteiger partial charge is 0.494 e. The summed E-state index contributed by atoms with van der Waals surface area (Å²) in [6, 6.07) is 14.8. The number of carbonyl (C=O) groups excluding carboxylic acids is 2. The summed E-state index contributed by atoms with van der Waals surface area (Å²) in [5, 5.41) is 3.86. The van der Waals surface area contributed by atoms with E-state index in [1.54, 1.807) is 31.3 Å². The molecule has 1 aromatic heterocycles. The Hall–Kier alpha value is -3.41. The fraction of sp³-hybridized carbons (Fsp3) is 0.227. The van der Waals surface area contributed by atoms with Crippen LogP contribution in [0.4, 0.5) is 0 Å². The van der Waals surface area contributed by atoms with Crippen LogP contribution in [0.2, 0.25) is 0 Å². The van der Waals surface area contributed by atoms with Crippen LogP contribution in [0.3, 0.4) is 0 Å². The number of aromatic nitrogens is 1. The molecular weight excluding hydrogens is 354 g/mol. The summed E-state index contributed by atoms with van der Waals surface area (Å²) in [5.41, 5.74) is 3.31. The molecule has 1 N–H and O–H groups in total. The van der Waals surface area contributed by atoms with Gasteiger partial charge in [0.25, 0.3) is 5.91 Å². The molecule has 4 rings (SSSR count). The van der Waals surface area contributed by atoms with Crippen LogP contribution >= 0.6 is 0 Å². The molecule has 0 fully saturated rings. The Kier molecular flexibility index (Phi) is 4.69. The molecule has 1 unspecified atom stereocenters. The first-order valence-corrected chi connectivity index (χ1v) is 9.13. The Balaban J connectivity index is 1.52. The minimum atomic E-state index is -0.284. The van der Waals surface area contributed by atoms with Crippen molar-refractivity contribution in [3.05, 3.63) is 71.4 Å². The van der Waals surface area contributed by atoms with E-state index in [1.807, 2.05) is 42.5 Å². The molecule has 1 aliphatic rings. The van der Waals surface area contributed by atoms with E-state index in [0.29, 0.717) is 17.9 Å². The van der Waals surface area contributed by atoms with Crippen molar-refractivity contribution in [1.82, 2.24) is 15.2 Å². The highest BCUT2D eigenvalue weighted by Gasteiger charge is 2.30. The van der Waals surface area contributed by atoms with Gasteiger partial charge in [-0.3, -0.25) is 14.6 Å². The third-order valence-electron chi connectivity index (χ3n) is 5.14. The monoisotopic (exact) mass is 375 g/mol. The van der Waals surface area contributed by atoms with E-state index in [1.165, 1.54) is 0 Å². The van der Waals surface area contributed by atoms with Gasteiger partial charge in [-0.2, -0.15) is 0 Å². The lowest BCUT2D eigenvalue weighted by Gasteiger charge is -2.21. The average Bonchev–Trinajstić information content (AvgIpc) is 3.04. The summed E-state index contributed by atoms with van der Waals surface area (Å²) < 4.78 is 5.38. The Bertz CT molecular complexity index is 1060. The van der Waals surface area contributed by atoms with Gasteiger partial charge in [-0.1, -0.05) is 30.3 Å². The number of hydrogen-bond donors (Lipinski definition) is 1. The molecule has 6 nitrogen and oxygen atoms in total. The molecule has 0 aliphatic carbocycles. The summed E-state index contributed by atoms with van der Waals surface area (Å²) >= 11 is 0. The van der Waals surface area contributed by atoms with Crippen molar-refractivity contribution < 1.29 is 14.3 Å². The molecule has 0 saturated heterocycles. The van der Waals surface area contributed by atoms with E-state index in [9.17, 15) is 9.59 Å². The number of pyridine rings is 1. The second-order valence-corrected chi connectivity index (χ2v) is 6.89. The van der Waals surface area contributed by atoms with Crippen LogP contribution in [0.5, 0.6) is 5.75 Å². The Morgan fingerprint density at radius 3 is 2.82 bits per heavy atom. The molecule has 142 valence electrons. The zero-order chi connectivity index (χ0) is 19.7. The first-order valence-electron chi connectivity index (χ1n) is 9.13. The molecule has 0 spiro atoms. The first-order chi connectivity index (χ1) is 13.6. The maximum atomic E-state index is 12.8. The second-order valence-electron chi connectivity index (χ2n) is 6.89. The van der Waals surface area contributed by atoms with Gasteiger partial charge in [0.2, 0.25) is 5.91 Å². The molecular formula is C22H21N3O3. The van der Waals surface area contributed by atoms with Gasteiger partial charge in [-0.05, 0) is 29.3 Å². The van der Waals surface area contributed by atoms with Crippen LogP contribution in [0, 0.1) is 0 Å². The van der Waals surface area contributed by atoms with Crippen LogP contribution < -0.4 is 10.1 Å². The van der Waals surface area contributed by atoms with Gasteiger partial charge in [0.1, 0.15) is 11.3 Å². The minimum Gasteiger partial charge on any atom is -0.494 e. The minimum absolute atomic E-state index is 0.0325. The molecule has 2 aromatic carbocycles. The molecule has 2 heterocycles. The quantitative estimate of drug-likeness (QED) is 0.744. The molecule has 0 saturated carbocycles. The van der Waals surface area contributed by atoms with Gasteiger partial charge in [0, 0.05) is 30.7 Å². The van der Waals surface area contributed by atoms with Crippen molar-refractivity contribution in [3.63, 3.8) is 0 Å². The summed E-state index contributed by atoms with van der Waals surface area (Å²) in [6.07, 6.45) is 1.95. The van der Waals surface area contributed by atoms with Crippen molar-refractivity contribution >= 4 is 22.7 Å². The second kappa shape index (κ2) is 7.31. The predicted octanol–water partition coefficient (Wildman–Crippen LogP) is 3.08. The van der Waals surface area contributed by atoms with Gasteiger partial charge >= 0.3 is 0 Å². The molecule has 6 heteroatoms. The average molecular weight is 375 g/mol. The Morgan fingerprint density at radius 2 is 2.00 bits per heavy atom. The predicted molar refractivity (Wildman–Crippen MR) is 106 cm³/mol. The zero-order valence-corrected chi connectivity index (χ0v) is 15.8. The number of fused-ring (bicyclic) bond motifs is 2. The smallest absolute Gasteiger partial charge is 0.252 e. The van der Waals surface area contributed by atoms with Crippen molar-refractivity contribution in [3.8, 4) is 5.75 Å². The van der Waals surface area contributed by atoms with Crippen LogP contribution in [0.15, 0.2) is 54.7 Å². The van der Waals surface area contributed by atoms with Crippen LogP contribution in [-0.4, -0.2) is 35.9 Å². The summed E-state index contributed by atoms with van der Waals surface area (Å²) in [4.78, 5) is 31.0. The SMILES string of the molecule is COc1ccc(CN(C)C(=O)CC2NC(=O)c3ccccc32)c2cccnc12. The molecule has 0 bridgehead atoms. The zero-order valence-electron chi connectivity index (χ0n) is 15.8. The van der Waals surface area contributed by atoms with Crippen LogP contribution in [0.25, 0.3) is 10.9 Å². The summed E-state index contributed by atoms with van der Waals surface area (Å²) in [6.45, 7) is 0.452. The standard InChI is InChI=1S/C22H21N3O3/c1-25(13-14-9-10-19(28-2)21-15(14)8-5-11-23-21)20(26)12-18-16-6-3-4-7-17(16)22(27)24-18/h3-11,18H,12-13H2,1-2H3,(H,24,27). The van der Waals surface area contributed by atoms with E-state index in [4.69, 9.17) is 4.74 Å². The lowest BCUT2D eigenvalue weighted by Crippen LogP contribution is -2.30. The number of methoxy groups -OCH3 is 1. The fourth-order valence-electron chi connectivity index (χ4n) is 3.66. The number of nitrogens with zero attached hydrogens (tertiary/aromatic N) is 2. The van der Waals surface area contributed by atoms with Crippen molar-refractivity contribution in [1.29, 1.82) is 0 Å². The number of benzene rings is 2. The number of rotatable bonds is 5. The fourth-order valence-corrected chi connectivity index (χ4v) is 3.66. The van der Waals surface area contributed by atoms with E-state index in [-0.39, 0.29) is 24.3 Å². The molecule has 0 radical (unpaired) electrons. The van der Waals surface area contributed by atoms with E-state index in [0.717, 1.165) is 22.0 Å². The van der Waals surface area contributed by atoms with E-state index < -0.39 is 0 Å². The molecule has 1 atom stereocenters. The maximum absolute atomic E-state index is 12.8. The third kappa shape index (κ3) is 3.17. The highest BCUT2D eigenvalue weighted by molar-refractivity contribution is 5.99. The Labute approximate surface area is 163 Å². The lowest BCUT2D eigenvalue weighted by molar-refractivity contribution is -0.130. The number of ether oxygens (including phenoxy) is 1. The number of nitrogens with one attached hydrogen (secondary N) is 1. The van der Waals surface area contributed by atoms with Gasteiger partial charge in [0.15, 0.2) is 0 Å². The Morgan fingerprint density at radius 1 is 1.18 bits per heavy atom. The maximum Gasteiger partial charge on any atom is 0.252 e. The van der Waals surface area contributed by atoms with E-state index >= 15 is 0 Å². The third-order valence-corrected chi connectivity index (χ3v) is 5.14. The van der Waals surface area contributed by atoms with Crippen molar-refractivity contribution in [2.75, 3.05) is 14.2 Å². The van der Waals surface area contributed by atoms with Crippen molar-refractivity contribution in [2.24, 2.45) is 0 Å². The van der Waals surface area contributed by atoms with Gasteiger partial charge in [-0.15, -0.1) is 0 Å². The highest BCUT2D eigenvalue weighted by Crippen LogP contribution is 2.29. The summed E-state index contributed by atoms with van der Waals surface area (Å²) in [7, 11) is 3.39. The first kappa shape index (κ1) is 18.0. The molecule has 28 heavy (non-hydrogen) atoms. The molecule has 3 aromatic rings. The number of amides is 2. The van der Waals surface area contributed by atoms with Gasteiger partial charge in [-0.25, -0.2) is 0 Å². The van der Waals surface area contributed by atoms with Crippen LogP contribution in [0.1, 0.15) is 33.9 Å². The molecule has 2 amide bonds. The normalized spacial score (nSPS) is 15.2. The molecule has 1 aliphatic heterocycles. The van der Waals surface area contributed by atoms with Gasteiger partial charge in [0.05, 0.1) is 19.6 Å². The highest BCUT2D eigenvalue weighted by atomic mass is 16.5. The van der Waals surface area contributed by atoms with Gasteiger partial charge < -0.3 is 15.0 Å². The number of hydrogen-bond acceptors (Lipinski definition) is 4. The van der Waals surface area contributed by atoms with E-state index in [2.05, 4.69) is 10.3 Å². The van der Waals surface area contributed by atoms with Crippen molar-refractivity contribution in [2.45, 2.75) is 19.0 Å². The van der Waals surface area contributed by atoms with Crippen LogP contribution in [-0.2, 0) is 11.3 Å². The lowest BCUT2D eigenvalue weighted by atomic mass is 10.0. The number of carbonyl (C=O) groups is 2.